The SMILES string of the molecule is Cc1ccc2nc(N(Cc3ccccn3)C(=O)Cc3ccc(C(C)C)cc3)sc2c1. The number of aromatic nitrogens is 2. The van der Waals surface area contributed by atoms with Gasteiger partial charge in [0, 0.05) is 6.20 Å². The highest BCUT2D eigenvalue weighted by Crippen LogP contribution is 2.31. The number of nitrogens with zero attached hydrogens (tertiary/aromatic N) is 3. The number of thiazole rings is 1. The normalized spacial score (nSPS) is 11.2. The Bertz CT molecular complexity index is 1150. The fourth-order valence-electron chi connectivity index (χ4n) is 3.34. The van der Waals surface area contributed by atoms with Crippen molar-refractivity contribution in [3.05, 3.63) is 89.2 Å². The Morgan fingerprint density at radius 3 is 2.57 bits per heavy atom. The van der Waals surface area contributed by atoms with Gasteiger partial charge in [-0.25, -0.2) is 4.98 Å². The second-order valence-electron chi connectivity index (χ2n) is 7.84. The highest BCUT2D eigenvalue weighted by Gasteiger charge is 2.21. The van der Waals surface area contributed by atoms with Gasteiger partial charge in [-0.3, -0.25) is 14.7 Å². The van der Waals surface area contributed by atoms with Crippen molar-refractivity contribution in [2.45, 2.75) is 39.7 Å². The maximum Gasteiger partial charge on any atom is 0.233 e. The minimum Gasteiger partial charge on any atom is -0.282 e. The second-order valence-corrected chi connectivity index (χ2v) is 8.85. The van der Waals surface area contributed by atoms with Crippen LogP contribution >= 0.6 is 11.3 Å². The molecule has 30 heavy (non-hydrogen) atoms. The molecule has 0 radical (unpaired) electrons. The molecule has 0 spiro atoms. The first-order chi connectivity index (χ1) is 14.5. The highest BCUT2D eigenvalue weighted by molar-refractivity contribution is 7.22. The number of pyridine rings is 1. The van der Waals surface area contributed by atoms with Gasteiger partial charge in [-0.2, -0.15) is 0 Å². The summed E-state index contributed by atoms with van der Waals surface area (Å²) < 4.78 is 1.09. The van der Waals surface area contributed by atoms with Crippen molar-refractivity contribution in [3.8, 4) is 0 Å². The van der Waals surface area contributed by atoms with E-state index in [1.54, 1.807) is 22.4 Å². The molecule has 2 heterocycles. The molecule has 4 rings (SSSR count). The standard InChI is InChI=1S/C25H25N3OS/c1-17(2)20-10-8-19(9-11-20)15-24(29)28(16-21-6-4-5-13-26-21)25-27-22-12-7-18(3)14-23(22)30-25/h4-14,17H,15-16H2,1-3H3. The van der Waals surface area contributed by atoms with Crippen LogP contribution in [0.4, 0.5) is 5.13 Å². The fraction of sp³-hybridized carbons (Fsp3) is 0.240. The van der Waals surface area contributed by atoms with Gasteiger partial charge in [-0.15, -0.1) is 0 Å². The summed E-state index contributed by atoms with van der Waals surface area (Å²) in [6.45, 7) is 6.81. The number of hydrogen-bond donors (Lipinski definition) is 0. The summed E-state index contributed by atoms with van der Waals surface area (Å²) in [5, 5.41) is 0.713. The maximum absolute atomic E-state index is 13.3. The van der Waals surface area contributed by atoms with Gasteiger partial charge >= 0.3 is 0 Å². The number of rotatable bonds is 6. The number of carbonyl (C=O) groups is 1. The number of fused-ring (bicyclic) bond motifs is 1. The molecular weight excluding hydrogens is 390 g/mol. The lowest BCUT2D eigenvalue weighted by molar-refractivity contribution is -0.118. The molecule has 0 N–H and O–H groups in total. The number of hydrogen-bond acceptors (Lipinski definition) is 4. The van der Waals surface area contributed by atoms with Crippen LogP contribution in [0.5, 0.6) is 0 Å². The van der Waals surface area contributed by atoms with Gasteiger partial charge in [0.05, 0.1) is 28.9 Å². The molecule has 0 aliphatic carbocycles. The molecule has 5 heteroatoms. The summed E-state index contributed by atoms with van der Waals surface area (Å²) in [7, 11) is 0. The molecule has 4 nitrogen and oxygen atoms in total. The van der Waals surface area contributed by atoms with Gasteiger partial charge in [0.15, 0.2) is 5.13 Å². The van der Waals surface area contributed by atoms with Crippen molar-refractivity contribution in [1.29, 1.82) is 0 Å². The zero-order valence-electron chi connectivity index (χ0n) is 17.5. The molecule has 0 saturated heterocycles. The Kier molecular flexibility index (Phi) is 5.91. The Morgan fingerprint density at radius 2 is 1.87 bits per heavy atom. The van der Waals surface area contributed by atoms with E-state index in [4.69, 9.17) is 4.98 Å². The maximum atomic E-state index is 13.3. The number of aryl methyl sites for hydroxylation is 1. The van der Waals surface area contributed by atoms with E-state index < -0.39 is 0 Å². The van der Waals surface area contributed by atoms with Crippen molar-refractivity contribution in [2.24, 2.45) is 0 Å². The van der Waals surface area contributed by atoms with E-state index >= 15 is 0 Å². The molecule has 0 atom stereocenters. The van der Waals surface area contributed by atoms with E-state index in [1.807, 2.05) is 42.5 Å². The van der Waals surface area contributed by atoms with Gasteiger partial charge in [0.2, 0.25) is 5.91 Å². The Balaban J connectivity index is 1.64. The van der Waals surface area contributed by atoms with Crippen LogP contribution in [0.25, 0.3) is 10.2 Å². The molecular formula is C25H25N3OS. The summed E-state index contributed by atoms with van der Waals surface area (Å²) in [4.78, 5) is 24.3. The van der Waals surface area contributed by atoms with Gasteiger partial charge < -0.3 is 0 Å². The van der Waals surface area contributed by atoms with Crippen LogP contribution in [0.2, 0.25) is 0 Å². The van der Waals surface area contributed by atoms with E-state index in [0.717, 1.165) is 21.5 Å². The molecule has 0 aliphatic heterocycles. The van der Waals surface area contributed by atoms with Gasteiger partial charge in [0.25, 0.3) is 0 Å². The van der Waals surface area contributed by atoms with Crippen molar-refractivity contribution >= 4 is 32.6 Å². The summed E-state index contributed by atoms with van der Waals surface area (Å²) in [6.07, 6.45) is 2.09. The lowest BCUT2D eigenvalue weighted by atomic mass is 10.0. The molecule has 0 unspecified atom stereocenters. The average molecular weight is 416 g/mol. The molecule has 0 aliphatic rings. The van der Waals surface area contributed by atoms with E-state index in [0.29, 0.717) is 24.0 Å². The third-order valence-electron chi connectivity index (χ3n) is 5.11. The van der Waals surface area contributed by atoms with Crippen molar-refractivity contribution in [1.82, 2.24) is 9.97 Å². The summed E-state index contributed by atoms with van der Waals surface area (Å²) in [5.74, 6) is 0.496. The third kappa shape index (κ3) is 4.57. The lowest BCUT2D eigenvalue weighted by Crippen LogP contribution is -2.32. The average Bonchev–Trinajstić information content (AvgIpc) is 3.15. The van der Waals surface area contributed by atoms with Crippen LogP contribution < -0.4 is 4.90 Å². The molecule has 0 fully saturated rings. The first-order valence-corrected chi connectivity index (χ1v) is 11.0. The molecule has 0 saturated carbocycles. The second kappa shape index (κ2) is 8.76. The van der Waals surface area contributed by atoms with E-state index in [2.05, 4.69) is 44.0 Å². The predicted octanol–water partition coefficient (Wildman–Crippen LogP) is 5.90. The van der Waals surface area contributed by atoms with Crippen LogP contribution in [0.15, 0.2) is 66.9 Å². The lowest BCUT2D eigenvalue weighted by Gasteiger charge is -2.20. The summed E-state index contributed by atoms with van der Waals surface area (Å²) in [5.41, 5.74) is 5.23. The number of benzene rings is 2. The van der Waals surface area contributed by atoms with Crippen molar-refractivity contribution < 1.29 is 4.79 Å². The fourth-order valence-corrected chi connectivity index (χ4v) is 4.42. The zero-order chi connectivity index (χ0) is 21.1. The Hall–Kier alpha value is -3.05. The van der Waals surface area contributed by atoms with Gasteiger partial charge in [-0.1, -0.05) is 61.6 Å². The topological polar surface area (TPSA) is 46.1 Å². The van der Waals surface area contributed by atoms with Crippen LogP contribution in [0, 0.1) is 6.92 Å². The van der Waals surface area contributed by atoms with Crippen LogP contribution in [0.3, 0.4) is 0 Å². The first-order valence-electron chi connectivity index (χ1n) is 10.2. The van der Waals surface area contributed by atoms with E-state index in [9.17, 15) is 4.79 Å². The number of carbonyl (C=O) groups excluding carboxylic acids is 1. The van der Waals surface area contributed by atoms with E-state index in [-0.39, 0.29) is 5.91 Å². The monoisotopic (exact) mass is 415 g/mol. The largest absolute Gasteiger partial charge is 0.282 e. The first kappa shape index (κ1) is 20.2. The summed E-state index contributed by atoms with van der Waals surface area (Å²) in [6, 6.07) is 20.3. The minimum absolute atomic E-state index is 0.0220. The molecule has 2 aromatic carbocycles. The predicted molar refractivity (Wildman–Crippen MR) is 124 cm³/mol. The third-order valence-corrected chi connectivity index (χ3v) is 6.15. The van der Waals surface area contributed by atoms with Gasteiger partial charge in [-0.05, 0) is 53.8 Å². The number of amides is 1. The molecule has 4 aromatic rings. The zero-order valence-corrected chi connectivity index (χ0v) is 18.3. The Morgan fingerprint density at radius 1 is 1.07 bits per heavy atom. The molecule has 2 aromatic heterocycles. The van der Waals surface area contributed by atoms with Crippen molar-refractivity contribution in [2.75, 3.05) is 4.90 Å². The molecule has 1 amide bonds. The smallest absolute Gasteiger partial charge is 0.233 e. The van der Waals surface area contributed by atoms with Crippen LogP contribution in [-0.4, -0.2) is 15.9 Å². The minimum atomic E-state index is 0.0220. The highest BCUT2D eigenvalue weighted by atomic mass is 32.1. The van der Waals surface area contributed by atoms with Crippen LogP contribution in [-0.2, 0) is 17.8 Å². The van der Waals surface area contributed by atoms with Crippen molar-refractivity contribution in [3.63, 3.8) is 0 Å². The van der Waals surface area contributed by atoms with E-state index in [1.165, 1.54) is 11.1 Å². The molecule has 0 bridgehead atoms. The van der Waals surface area contributed by atoms with Crippen LogP contribution in [0.1, 0.15) is 42.1 Å². The molecule has 152 valence electrons. The number of anilines is 1. The summed E-state index contributed by atoms with van der Waals surface area (Å²) >= 11 is 1.55. The Labute approximate surface area is 181 Å². The van der Waals surface area contributed by atoms with Gasteiger partial charge in [0.1, 0.15) is 0 Å². The quantitative estimate of drug-likeness (QED) is 0.394.